The Morgan fingerprint density at radius 3 is 2.50 bits per heavy atom. The largest absolute Gasteiger partial charge is 0.354 e. The van der Waals surface area contributed by atoms with Gasteiger partial charge in [0.25, 0.3) is 0 Å². The van der Waals surface area contributed by atoms with Crippen LogP contribution in [0.15, 0.2) is 51.7 Å². The summed E-state index contributed by atoms with van der Waals surface area (Å²) in [6.45, 7) is 1.83. The number of aromatic nitrogens is 1. The average Bonchev–Trinajstić information content (AvgIpc) is 2.44. The topological polar surface area (TPSA) is 32.9 Å². The van der Waals surface area contributed by atoms with Crippen molar-refractivity contribution in [2.75, 3.05) is 0 Å². The monoisotopic (exact) mass is 347 g/mol. The van der Waals surface area contributed by atoms with Gasteiger partial charge in [-0.05, 0) is 42.8 Å². The number of fused-ring (bicyclic) bond motifs is 1. The maximum absolute atomic E-state index is 12.5. The van der Waals surface area contributed by atoms with Crippen molar-refractivity contribution in [2.24, 2.45) is 0 Å². The van der Waals surface area contributed by atoms with Crippen molar-refractivity contribution in [2.45, 2.75) is 6.92 Å². The highest BCUT2D eigenvalue weighted by Gasteiger charge is 2.10. The molecule has 3 rings (SSSR count). The lowest BCUT2D eigenvalue weighted by atomic mass is 10.0. The fourth-order valence-corrected chi connectivity index (χ4v) is 2.70. The lowest BCUT2D eigenvalue weighted by molar-refractivity contribution is 1.30. The quantitative estimate of drug-likeness (QED) is 0.665. The Morgan fingerprint density at radius 2 is 1.80 bits per heavy atom. The van der Waals surface area contributed by atoms with E-state index >= 15 is 0 Å². The summed E-state index contributed by atoms with van der Waals surface area (Å²) in [5.41, 5.74) is 3.33. The molecule has 0 amide bonds. The summed E-state index contributed by atoms with van der Waals surface area (Å²) in [7, 11) is 0. The predicted molar refractivity (Wildman–Crippen MR) is 87.5 cm³/mol. The van der Waals surface area contributed by atoms with Crippen LogP contribution in [0, 0.1) is 6.92 Å². The molecule has 0 atom stereocenters. The summed E-state index contributed by atoms with van der Waals surface area (Å²) in [6, 6.07) is 13.2. The van der Waals surface area contributed by atoms with Crippen molar-refractivity contribution in [1.29, 1.82) is 0 Å². The number of hydrogen-bond acceptors (Lipinski definition) is 1. The van der Waals surface area contributed by atoms with E-state index in [1.54, 1.807) is 12.1 Å². The molecule has 0 fully saturated rings. The Kier molecular flexibility index (Phi) is 3.40. The number of benzene rings is 2. The van der Waals surface area contributed by atoms with E-state index in [-0.39, 0.29) is 5.43 Å². The molecule has 1 N–H and O–H groups in total. The van der Waals surface area contributed by atoms with Crippen LogP contribution in [0.3, 0.4) is 0 Å². The lowest BCUT2D eigenvalue weighted by Gasteiger charge is -2.09. The minimum atomic E-state index is 0.0131. The van der Waals surface area contributed by atoms with Crippen LogP contribution in [0.2, 0.25) is 5.02 Å². The van der Waals surface area contributed by atoms with Crippen molar-refractivity contribution in [3.63, 3.8) is 0 Å². The van der Waals surface area contributed by atoms with Gasteiger partial charge in [-0.25, -0.2) is 0 Å². The van der Waals surface area contributed by atoms with Crippen LogP contribution in [0.4, 0.5) is 0 Å². The Morgan fingerprint density at radius 1 is 1.10 bits per heavy atom. The predicted octanol–water partition coefficient (Wildman–Crippen LogP) is 4.92. The standard InChI is InChI=1S/C16H11BrClNO/c1-9-15(10-2-4-11(17)5-3-10)19-14-7-6-12(18)8-13(14)16(9)20/h2-8H,1H3,(H,19,20). The Balaban J connectivity index is 2.32. The molecule has 0 saturated carbocycles. The molecule has 1 heterocycles. The van der Waals surface area contributed by atoms with Gasteiger partial charge in [0.1, 0.15) is 0 Å². The van der Waals surface area contributed by atoms with E-state index in [2.05, 4.69) is 20.9 Å². The van der Waals surface area contributed by atoms with Crippen molar-refractivity contribution >= 4 is 38.4 Å². The molecule has 3 aromatic rings. The maximum Gasteiger partial charge on any atom is 0.192 e. The molecule has 1 aromatic heterocycles. The molecule has 0 spiro atoms. The fraction of sp³-hybridized carbons (Fsp3) is 0.0625. The number of pyridine rings is 1. The first kappa shape index (κ1) is 13.4. The second-order valence-corrected chi connectivity index (χ2v) is 6.00. The third-order valence-corrected chi connectivity index (χ3v) is 4.10. The van der Waals surface area contributed by atoms with Gasteiger partial charge in [-0.15, -0.1) is 0 Å². The molecule has 0 radical (unpaired) electrons. The molecule has 4 heteroatoms. The maximum atomic E-state index is 12.5. The average molecular weight is 349 g/mol. The molecule has 0 saturated heterocycles. The van der Waals surface area contributed by atoms with Crippen LogP contribution in [0.1, 0.15) is 5.56 Å². The SMILES string of the molecule is Cc1c(-c2ccc(Br)cc2)[nH]c2ccc(Cl)cc2c1=O. The van der Waals surface area contributed by atoms with E-state index in [9.17, 15) is 4.79 Å². The molecule has 0 aliphatic carbocycles. The van der Waals surface area contributed by atoms with Crippen LogP contribution < -0.4 is 5.43 Å². The van der Waals surface area contributed by atoms with Gasteiger partial charge in [0.05, 0.1) is 5.69 Å². The minimum Gasteiger partial charge on any atom is -0.354 e. The van der Waals surface area contributed by atoms with Crippen molar-refractivity contribution in [3.05, 3.63) is 67.7 Å². The number of halogens is 2. The van der Waals surface area contributed by atoms with Gasteiger partial charge >= 0.3 is 0 Å². The summed E-state index contributed by atoms with van der Waals surface area (Å²) in [4.78, 5) is 15.8. The molecule has 20 heavy (non-hydrogen) atoms. The number of nitrogens with one attached hydrogen (secondary N) is 1. The van der Waals surface area contributed by atoms with Crippen LogP contribution in [0.5, 0.6) is 0 Å². The van der Waals surface area contributed by atoms with E-state index in [4.69, 9.17) is 11.6 Å². The van der Waals surface area contributed by atoms with Crippen molar-refractivity contribution in [1.82, 2.24) is 4.98 Å². The number of hydrogen-bond donors (Lipinski definition) is 1. The van der Waals surface area contributed by atoms with Gasteiger partial charge in [0.15, 0.2) is 5.43 Å². The van der Waals surface area contributed by atoms with Gasteiger partial charge in [0, 0.05) is 26.0 Å². The molecular weight excluding hydrogens is 338 g/mol. The van der Waals surface area contributed by atoms with E-state index in [1.807, 2.05) is 37.3 Å². The van der Waals surface area contributed by atoms with Gasteiger partial charge in [-0.1, -0.05) is 39.7 Å². The Hall–Kier alpha value is -1.58. The van der Waals surface area contributed by atoms with Crippen LogP contribution >= 0.6 is 27.5 Å². The van der Waals surface area contributed by atoms with E-state index in [1.165, 1.54) is 0 Å². The summed E-state index contributed by atoms with van der Waals surface area (Å²) in [6.07, 6.45) is 0. The lowest BCUT2D eigenvalue weighted by Crippen LogP contribution is -2.09. The molecule has 2 aromatic carbocycles. The summed E-state index contributed by atoms with van der Waals surface area (Å²) >= 11 is 9.37. The van der Waals surface area contributed by atoms with E-state index < -0.39 is 0 Å². The van der Waals surface area contributed by atoms with Crippen LogP contribution in [0.25, 0.3) is 22.2 Å². The Labute approximate surface area is 129 Å². The molecule has 0 bridgehead atoms. The molecule has 100 valence electrons. The van der Waals surface area contributed by atoms with E-state index in [0.717, 1.165) is 21.2 Å². The second-order valence-electron chi connectivity index (χ2n) is 4.65. The van der Waals surface area contributed by atoms with Gasteiger partial charge in [-0.2, -0.15) is 0 Å². The summed E-state index contributed by atoms with van der Waals surface area (Å²) in [5.74, 6) is 0. The zero-order chi connectivity index (χ0) is 14.3. The highest BCUT2D eigenvalue weighted by atomic mass is 79.9. The number of rotatable bonds is 1. The van der Waals surface area contributed by atoms with Gasteiger partial charge < -0.3 is 4.98 Å². The van der Waals surface area contributed by atoms with Crippen LogP contribution in [-0.2, 0) is 0 Å². The number of aromatic amines is 1. The van der Waals surface area contributed by atoms with E-state index in [0.29, 0.717) is 16.0 Å². The zero-order valence-corrected chi connectivity index (χ0v) is 13.0. The van der Waals surface area contributed by atoms with Crippen molar-refractivity contribution < 1.29 is 0 Å². The number of H-pyrrole nitrogens is 1. The molecule has 0 aliphatic heterocycles. The third kappa shape index (κ3) is 2.28. The van der Waals surface area contributed by atoms with Gasteiger partial charge in [0.2, 0.25) is 0 Å². The molecular formula is C16H11BrClNO. The smallest absolute Gasteiger partial charge is 0.192 e. The molecule has 0 unspecified atom stereocenters. The third-order valence-electron chi connectivity index (χ3n) is 3.33. The summed E-state index contributed by atoms with van der Waals surface area (Å²) in [5, 5.41) is 1.19. The minimum absolute atomic E-state index is 0.0131. The van der Waals surface area contributed by atoms with Crippen molar-refractivity contribution in [3.8, 4) is 11.3 Å². The zero-order valence-electron chi connectivity index (χ0n) is 10.7. The summed E-state index contributed by atoms with van der Waals surface area (Å²) < 4.78 is 1.01. The second kappa shape index (κ2) is 5.08. The first-order valence-electron chi connectivity index (χ1n) is 6.14. The van der Waals surface area contributed by atoms with Gasteiger partial charge in [-0.3, -0.25) is 4.79 Å². The molecule has 2 nitrogen and oxygen atoms in total. The fourth-order valence-electron chi connectivity index (χ4n) is 2.26. The van der Waals surface area contributed by atoms with Crippen LogP contribution in [-0.4, -0.2) is 4.98 Å². The molecule has 0 aliphatic rings. The first-order chi connectivity index (χ1) is 9.56. The highest BCUT2D eigenvalue weighted by Crippen LogP contribution is 2.24. The Bertz CT molecular complexity index is 853. The highest BCUT2D eigenvalue weighted by molar-refractivity contribution is 9.10. The normalized spacial score (nSPS) is 10.9. The first-order valence-corrected chi connectivity index (χ1v) is 7.31.